The molecular weight excluding hydrogens is 580 g/mol. The van der Waals surface area contributed by atoms with Crippen LogP contribution in [0.25, 0.3) is 0 Å². The maximum Gasteiger partial charge on any atom is 0.330 e. The zero-order valence-electron chi connectivity index (χ0n) is 25.7. The third-order valence-electron chi connectivity index (χ3n) is 7.97. The molecule has 0 bridgehead atoms. The number of aromatic nitrogens is 2. The van der Waals surface area contributed by atoms with Crippen LogP contribution in [0.5, 0.6) is 11.5 Å². The van der Waals surface area contributed by atoms with E-state index < -0.39 is 41.4 Å². The predicted octanol–water partition coefficient (Wildman–Crippen LogP) is 3.16. The summed E-state index contributed by atoms with van der Waals surface area (Å²) in [7, 11) is 4.75. The topological polar surface area (TPSA) is 130 Å². The van der Waals surface area contributed by atoms with Gasteiger partial charge in [-0.05, 0) is 47.9 Å². The van der Waals surface area contributed by atoms with Crippen LogP contribution in [0.3, 0.4) is 0 Å². The molecule has 11 heteroatoms. The van der Waals surface area contributed by atoms with Gasteiger partial charge in [-0.3, -0.25) is 14.3 Å². The van der Waals surface area contributed by atoms with Crippen LogP contribution in [-0.4, -0.2) is 74.1 Å². The van der Waals surface area contributed by atoms with Crippen LogP contribution in [0.1, 0.15) is 28.5 Å². The number of nitrogens with one attached hydrogen (secondary N) is 1. The number of aliphatic hydroxyl groups excluding tert-OH is 1. The average molecular weight is 619 g/mol. The Kier molecular flexibility index (Phi) is 10.2. The van der Waals surface area contributed by atoms with E-state index in [0.717, 1.165) is 16.7 Å². The quantitative estimate of drug-likeness (QED) is 0.171. The molecule has 1 saturated heterocycles. The minimum Gasteiger partial charge on any atom is -0.497 e. The standard InChI is InChI=1S/C34H38N2O9/c1-22-20-36(33(39)35-31(22)38)32-30(43-19-18-40-2)29(37)28(45-32)21-44-34(23-8-6-5-7-9-23,24-10-14-26(41-3)15-11-24)25-12-16-27(42-4)17-13-25/h5-17,20,28-30,32,37H,18-19,21H2,1-4H3,(H,35,38,39)/t28-,29+,30-,32+/m1/s1. The number of aromatic amines is 1. The van der Waals surface area contributed by atoms with Gasteiger partial charge in [-0.1, -0.05) is 54.6 Å². The van der Waals surface area contributed by atoms with E-state index in [2.05, 4.69) is 4.98 Å². The molecule has 0 amide bonds. The van der Waals surface area contributed by atoms with E-state index in [-0.39, 0.29) is 19.8 Å². The van der Waals surface area contributed by atoms with Gasteiger partial charge in [-0.15, -0.1) is 0 Å². The highest BCUT2D eigenvalue weighted by atomic mass is 16.6. The lowest BCUT2D eigenvalue weighted by atomic mass is 9.80. The molecule has 0 aliphatic carbocycles. The second-order valence-corrected chi connectivity index (χ2v) is 10.7. The van der Waals surface area contributed by atoms with E-state index in [9.17, 15) is 14.7 Å². The Balaban J connectivity index is 1.56. The Labute approximate surface area is 260 Å². The Morgan fingerprint density at radius 3 is 1.98 bits per heavy atom. The van der Waals surface area contributed by atoms with E-state index >= 15 is 0 Å². The summed E-state index contributed by atoms with van der Waals surface area (Å²) in [6.07, 6.45) is -2.70. The van der Waals surface area contributed by atoms with Crippen molar-refractivity contribution >= 4 is 0 Å². The molecule has 0 saturated carbocycles. The number of aryl methyl sites for hydroxylation is 1. The number of benzene rings is 3. The molecule has 1 aliphatic heterocycles. The van der Waals surface area contributed by atoms with Gasteiger partial charge in [0.05, 0.1) is 34.0 Å². The highest BCUT2D eigenvalue weighted by Crippen LogP contribution is 2.43. The summed E-state index contributed by atoms with van der Waals surface area (Å²) in [5.74, 6) is 1.37. The number of rotatable bonds is 13. The summed E-state index contributed by atoms with van der Waals surface area (Å²) in [6.45, 7) is 1.91. The Hall–Kier alpha value is -4.26. The van der Waals surface area contributed by atoms with Crippen molar-refractivity contribution in [2.75, 3.05) is 41.2 Å². The molecular formula is C34H38N2O9. The molecule has 1 aliphatic rings. The fourth-order valence-corrected chi connectivity index (χ4v) is 5.58. The minimum absolute atomic E-state index is 0.0914. The average Bonchev–Trinajstić information content (AvgIpc) is 3.38. The number of hydrogen-bond acceptors (Lipinski definition) is 9. The van der Waals surface area contributed by atoms with Gasteiger partial charge in [0.2, 0.25) is 0 Å². The molecule has 4 atom stereocenters. The lowest BCUT2D eigenvalue weighted by molar-refractivity contribution is -0.0994. The van der Waals surface area contributed by atoms with Gasteiger partial charge in [0.1, 0.15) is 35.4 Å². The van der Waals surface area contributed by atoms with Gasteiger partial charge in [-0.25, -0.2) is 4.79 Å². The maximum absolute atomic E-state index is 12.9. The summed E-state index contributed by atoms with van der Waals surface area (Å²) < 4.78 is 36.4. The van der Waals surface area contributed by atoms with Crippen LogP contribution in [0.2, 0.25) is 0 Å². The van der Waals surface area contributed by atoms with Crippen molar-refractivity contribution in [1.82, 2.24) is 9.55 Å². The second kappa shape index (κ2) is 14.2. The van der Waals surface area contributed by atoms with Crippen LogP contribution >= 0.6 is 0 Å². The molecule has 1 fully saturated rings. The maximum atomic E-state index is 12.9. The molecule has 2 heterocycles. The van der Waals surface area contributed by atoms with Gasteiger partial charge in [0.15, 0.2) is 6.23 Å². The molecule has 0 unspecified atom stereocenters. The molecule has 5 rings (SSSR count). The first-order chi connectivity index (χ1) is 21.8. The smallest absolute Gasteiger partial charge is 0.330 e. The van der Waals surface area contributed by atoms with Gasteiger partial charge >= 0.3 is 5.69 Å². The summed E-state index contributed by atoms with van der Waals surface area (Å²) in [5, 5.41) is 11.5. The molecule has 2 N–H and O–H groups in total. The Bertz CT molecular complexity index is 1610. The molecule has 1 aromatic heterocycles. The second-order valence-electron chi connectivity index (χ2n) is 10.7. The van der Waals surface area contributed by atoms with E-state index in [4.69, 9.17) is 28.4 Å². The summed E-state index contributed by atoms with van der Waals surface area (Å²) in [5.41, 5.74) is 0.430. The largest absolute Gasteiger partial charge is 0.497 e. The van der Waals surface area contributed by atoms with Crippen molar-refractivity contribution in [3.63, 3.8) is 0 Å². The van der Waals surface area contributed by atoms with Gasteiger partial charge < -0.3 is 33.5 Å². The van der Waals surface area contributed by atoms with Gasteiger partial charge in [0, 0.05) is 18.9 Å². The minimum atomic E-state index is -1.19. The van der Waals surface area contributed by atoms with Crippen LogP contribution in [0, 0.1) is 6.92 Å². The van der Waals surface area contributed by atoms with Crippen molar-refractivity contribution < 1.29 is 33.5 Å². The van der Waals surface area contributed by atoms with Crippen LogP contribution < -0.4 is 20.7 Å². The molecule has 0 radical (unpaired) electrons. The first kappa shape index (κ1) is 32.1. The highest BCUT2D eigenvalue weighted by molar-refractivity contribution is 5.49. The van der Waals surface area contributed by atoms with E-state index in [1.165, 1.54) is 17.9 Å². The van der Waals surface area contributed by atoms with Crippen LogP contribution in [-0.2, 0) is 24.5 Å². The number of H-pyrrole nitrogens is 1. The predicted molar refractivity (Wildman–Crippen MR) is 166 cm³/mol. The first-order valence-electron chi connectivity index (χ1n) is 14.6. The van der Waals surface area contributed by atoms with E-state index in [1.54, 1.807) is 21.1 Å². The summed E-state index contributed by atoms with van der Waals surface area (Å²) in [6, 6.07) is 24.9. The third kappa shape index (κ3) is 6.58. The van der Waals surface area contributed by atoms with Crippen LogP contribution in [0.4, 0.5) is 0 Å². The van der Waals surface area contributed by atoms with Crippen molar-refractivity contribution in [1.29, 1.82) is 0 Å². The lowest BCUT2D eigenvalue weighted by Gasteiger charge is -2.37. The molecule has 11 nitrogen and oxygen atoms in total. The van der Waals surface area contributed by atoms with Crippen molar-refractivity contribution in [3.8, 4) is 11.5 Å². The number of hydrogen-bond donors (Lipinski definition) is 2. The third-order valence-corrected chi connectivity index (χ3v) is 7.97. The summed E-state index contributed by atoms with van der Waals surface area (Å²) >= 11 is 0. The monoisotopic (exact) mass is 618 g/mol. The molecule has 238 valence electrons. The fourth-order valence-electron chi connectivity index (χ4n) is 5.58. The SMILES string of the molecule is COCCO[C@@H]1[C@@H](O)[C@@H](COC(c2ccccc2)(c2ccc(OC)cc2)c2ccc(OC)cc2)O[C@@H]1n1cc(C)c(=O)[nH]c1=O. The zero-order valence-corrected chi connectivity index (χ0v) is 25.7. The number of methoxy groups -OCH3 is 3. The normalized spacial score (nSPS) is 19.8. The number of aliphatic hydroxyl groups is 1. The molecule has 45 heavy (non-hydrogen) atoms. The Morgan fingerprint density at radius 1 is 0.844 bits per heavy atom. The fraction of sp³-hybridized carbons (Fsp3) is 0.353. The van der Waals surface area contributed by atoms with Gasteiger partial charge in [-0.2, -0.15) is 0 Å². The summed E-state index contributed by atoms with van der Waals surface area (Å²) in [4.78, 5) is 27.2. The van der Waals surface area contributed by atoms with E-state index in [1.807, 2.05) is 78.9 Å². The van der Waals surface area contributed by atoms with Crippen molar-refractivity contribution in [3.05, 3.63) is 128 Å². The number of nitrogens with zero attached hydrogens (tertiary/aromatic N) is 1. The molecule has 3 aromatic carbocycles. The van der Waals surface area contributed by atoms with Crippen molar-refractivity contribution in [2.24, 2.45) is 0 Å². The lowest BCUT2D eigenvalue weighted by Crippen LogP contribution is -2.41. The first-order valence-corrected chi connectivity index (χ1v) is 14.6. The Morgan fingerprint density at radius 2 is 1.42 bits per heavy atom. The number of ether oxygens (including phenoxy) is 6. The van der Waals surface area contributed by atoms with E-state index in [0.29, 0.717) is 17.1 Å². The molecule has 0 spiro atoms. The molecule has 4 aromatic rings. The van der Waals surface area contributed by atoms with Crippen LogP contribution in [0.15, 0.2) is 94.6 Å². The highest BCUT2D eigenvalue weighted by Gasteiger charge is 2.48. The van der Waals surface area contributed by atoms with Gasteiger partial charge in [0.25, 0.3) is 5.56 Å². The zero-order chi connectivity index (χ0) is 32.0. The van der Waals surface area contributed by atoms with Crippen molar-refractivity contribution in [2.45, 2.75) is 37.1 Å².